The summed E-state index contributed by atoms with van der Waals surface area (Å²) >= 11 is 1.35. The van der Waals surface area contributed by atoms with Gasteiger partial charge in [0.2, 0.25) is 0 Å². The highest BCUT2D eigenvalue weighted by atomic mass is 32.2. The molecule has 2 rings (SSSR count). The Morgan fingerprint density at radius 1 is 1.53 bits per heavy atom. The van der Waals surface area contributed by atoms with Gasteiger partial charge in [-0.2, -0.15) is 8.42 Å². The number of hydrogen-bond donors (Lipinski definition) is 0. The lowest BCUT2D eigenvalue weighted by atomic mass is 10.3. The minimum absolute atomic E-state index is 0.217. The average molecular weight is 274 g/mol. The van der Waals surface area contributed by atoms with Crippen molar-refractivity contribution >= 4 is 26.4 Å². The highest BCUT2D eigenvalue weighted by Gasteiger charge is 2.10. The summed E-state index contributed by atoms with van der Waals surface area (Å²) in [6, 6.07) is 0. The van der Waals surface area contributed by atoms with Gasteiger partial charge >= 0.3 is 0 Å². The molecule has 2 aromatic rings. The standard InChI is InChI=1S/C9H10N2O4S2/c1-6-5-16-9-10-3-7(8(12)11(6)9)4-15-17(2,13)14/h3,5H,4H2,1-2H3. The van der Waals surface area contributed by atoms with Crippen LogP contribution in [-0.4, -0.2) is 24.1 Å². The van der Waals surface area contributed by atoms with Crippen molar-refractivity contribution in [3.05, 3.63) is 33.2 Å². The van der Waals surface area contributed by atoms with Crippen molar-refractivity contribution < 1.29 is 12.6 Å². The number of aromatic nitrogens is 2. The predicted molar refractivity (Wildman–Crippen MR) is 63.7 cm³/mol. The van der Waals surface area contributed by atoms with Gasteiger partial charge in [-0.3, -0.25) is 13.4 Å². The molecule has 0 radical (unpaired) electrons. The second-order valence-corrected chi connectivity index (χ2v) is 6.03. The summed E-state index contributed by atoms with van der Waals surface area (Å²) in [4.78, 5) is 16.6. The van der Waals surface area contributed by atoms with Gasteiger partial charge in [0.15, 0.2) is 4.96 Å². The first-order valence-electron chi connectivity index (χ1n) is 4.67. The summed E-state index contributed by atoms with van der Waals surface area (Å²) in [6.45, 7) is 1.50. The molecule has 6 nitrogen and oxygen atoms in total. The van der Waals surface area contributed by atoms with Crippen molar-refractivity contribution in [2.75, 3.05) is 6.26 Å². The van der Waals surface area contributed by atoms with Gasteiger partial charge in [0.1, 0.15) is 0 Å². The lowest BCUT2D eigenvalue weighted by Gasteiger charge is -2.02. The first-order chi connectivity index (χ1) is 7.88. The van der Waals surface area contributed by atoms with Gasteiger partial charge in [0.25, 0.3) is 15.7 Å². The molecule has 0 atom stereocenters. The number of nitrogens with zero attached hydrogens (tertiary/aromatic N) is 2. The molecule has 0 amide bonds. The molecule has 92 valence electrons. The van der Waals surface area contributed by atoms with Gasteiger partial charge in [0.05, 0.1) is 18.4 Å². The fraction of sp³-hybridized carbons (Fsp3) is 0.333. The van der Waals surface area contributed by atoms with E-state index in [-0.39, 0.29) is 17.7 Å². The van der Waals surface area contributed by atoms with Crippen LogP contribution in [0, 0.1) is 6.92 Å². The molecule has 17 heavy (non-hydrogen) atoms. The zero-order valence-electron chi connectivity index (χ0n) is 9.21. The van der Waals surface area contributed by atoms with E-state index in [1.165, 1.54) is 21.9 Å². The number of aryl methyl sites for hydroxylation is 1. The monoisotopic (exact) mass is 274 g/mol. The largest absolute Gasteiger partial charge is 0.268 e. The van der Waals surface area contributed by atoms with Crippen LogP contribution in [0.25, 0.3) is 4.96 Å². The molecule has 2 aromatic heterocycles. The smallest absolute Gasteiger partial charge is 0.264 e. The Hall–Kier alpha value is -1.25. The molecule has 0 bridgehead atoms. The maximum atomic E-state index is 12.0. The van der Waals surface area contributed by atoms with Gasteiger partial charge in [-0.05, 0) is 6.92 Å². The van der Waals surface area contributed by atoms with Crippen molar-refractivity contribution in [3.8, 4) is 0 Å². The topological polar surface area (TPSA) is 77.7 Å². The highest BCUT2D eigenvalue weighted by molar-refractivity contribution is 7.85. The van der Waals surface area contributed by atoms with Crippen LogP contribution in [0.3, 0.4) is 0 Å². The van der Waals surface area contributed by atoms with E-state index in [0.29, 0.717) is 4.96 Å². The lowest BCUT2D eigenvalue weighted by molar-refractivity contribution is 0.309. The zero-order valence-corrected chi connectivity index (χ0v) is 10.8. The number of fused-ring (bicyclic) bond motifs is 1. The zero-order chi connectivity index (χ0) is 12.6. The number of hydrogen-bond acceptors (Lipinski definition) is 6. The first-order valence-corrected chi connectivity index (χ1v) is 7.37. The molecule has 0 N–H and O–H groups in total. The van der Waals surface area contributed by atoms with Crippen molar-refractivity contribution in [2.45, 2.75) is 13.5 Å². The van der Waals surface area contributed by atoms with E-state index >= 15 is 0 Å². The minimum Gasteiger partial charge on any atom is -0.268 e. The molecule has 0 aliphatic heterocycles. The van der Waals surface area contributed by atoms with Crippen LogP contribution in [0.4, 0.5) is 0 Å². The molecule has 0 fully saturated rings. The summed E-state index contributed by atoms with van der Waals surface area (Å²) in [5.41, 5.74) is 0.690. The van der Waals surface area contributed by atoms with Gasteiger partial charge in [-0.25, -0.2) is 4.98 Å². The summed E-state index contributed by atoms with van der Waals surface area (Å²) in [7, 11) is -3.56. The Morgan fingerprint density at radius 2 is 2.24 bits per heavy atom. The van der Waals surface area contributed by atoms with Gasteiger partial charge < -0.3 is 0 Å². The molecular weight excluding hydrogens is 264 g/mol. The Kier molecular flexibility index (Phi) is 3.02. The van der Waals surface area contributed by atoms with E-state index in [1.54, 1.807) is 6.92 Å². The molecule has 0 unspecified atom stereocenters. The summed E-state index contributed by atoms with van der Waals surface area (Å²) in [5.74, 6) is 0. The fourth-order valence-electron chi connectivity index (χ4n) is 1.33. The van der Waals surface area contributed by atoms with Crippen LogP contribution in [0.5, 0.6) is 0 Å². The van der Waals surface area contributed by atoms with Gasteiger partial charge in [-0.15, -0.1) is 11.3 Å². The molecule has 8 heteroatoms. The molecule has 0 spiro atoms. The van der Waals surface area contributed by atoms with Crippen LogP contribution < -0.4 is 5.56 Å². The normalized spacial score (nSPS) is 12.1. The second-order valence-electron chi connectivity index (χ2n) is 3.55. The predicted octanol–water partition coefficient (Wildman–Crippen LogP) is 0.541. The minimum atomic E-state index is -3.56. The van der Waals surface area contributed by atoms with Gasteiger partial charge in [0, 0.05) is 17.3 Å². The Bertz CT molecular complexity index is 714. The van der Waals surface area contributed by atoms with E-state index < -0.39 is 10.1 Å². The number of rotatable bonds is 3. The molecule has 0 aliphatic rings. The third-order valence-electron chi connectivity index (χ3n) is 2.12. The van der Waals surface area contributed by atoms with Crippen LogP contribution in [0.1, 0.15) is 11.3 Å². The van der Waals surface area contributed by atoms with Crippen molar-refractivity contribution in [1.29, 1.82) is 0 Å². The maximum Gasteiger partial charge on any atom is 0.264 e. The van der Waals surface area contributed by atoms with Crippen LogP contribution in [0.2, 0.25) is 0 Å². The third kappa shape index (κ3) is 2.54. The van der Waals surface area contributed by atoms with E-state index in [4.69, 9.17) is 0 Å². The summed E-state index contributed by atoms with van der Waals surface area (Å²) < 4.78 is 27.7. The van der Waals surface area contributed by atoms with Crippen LogP contribution >= 0.6 is 11.3 Å². The molecular formula is C9H10N2O4S2. The Balaban J connectivity index is 2.46. The second kappa shape index (κ2) is 4.21. The lowest BCUT2D eigenvalue weighted by Crippen LogP contribution is -2.20. The summed E-state index contributed by atoms with van der Waals surface area (Å²) in [5, 5.41) is 1.81. The number of thiazole rings is 1. The Morgan fingerprint density at radius 3 is 2.88 bits per heavy atom. The van der Waals surface area contributed by atoms with E-state index in [1.807, 2.05) is 5.38 Å². The first kappa shape index (κ1) is 12.2. The molecule has 0 saturated carbocycles. The highest BCUT2D eigenvalue weighted by Crippen LogP contribution is 2.11. The fourth-order valence-corrected chi connectivity index (χ4v) is 2.50. The third-order valence-corrected chi connectivity index (χ3v) is 3.62. The average Bonchev–Trinajstić information content (AvgIpc) is 2.59. The molecule has 0 aliphatic carbocycles. The molecule has 0 saturated heterocycles. The van der Waals surface area contributed by atoms with E-state index in [2.05, 4.69) is 9.17 Å². The SMILES string of the molecule is Cc1csc2ncc(COS(C)(=O)=O)c(=O)n12. The summed E-state index contributed by atoms with van der Waals surface area (Å²) in [6.07, 6.45) is 2.28. The van der Waals surface area contributed by atoms with Crippen molar-refractivity contribution in [3.63, 3.8) is 0 Å². The quantitative estimate of drug-likeness (QED) is 0.763. The van der Waals surface area contributed by atoms with Crippen LogP contribution in [-0.2, 0) is 20.9 Å². The maximum absolute atomic E-state index is 12.0. The van der Waals surface area contributed by atoms with Gasteiger partial charge in [-0.1, -0.05) is 0 Å². The van der Waals surface area contributed by atoms with E-state index in [0.717, 1.165) is 11.9 Å². The van der Waals surface area contributed by atoms with E-state index in [9.17, 15) is 13.2 Å². The molecule has 2 heterocycles. The van der Waals surface area contributed by atoms with Crippen LogP contribution in [0.15, 0.2) is 16.4 Å². The Labute approximate surface area is 102 Å². The van der Waals surface area contributed by atoms with Crippen molar-refractivity contribution in [1.82, 2.24) is 9.38 Å². The van der Waals surface area contributed by atoms with Crippen molar-refractivity contribution in [2.24, 2.45) is 0 Å². The molecule has 0 aromatic carbocycles.